The fourth-order valence-electron chi connectivity index (χ4n) is 2.39. The van der Waals surface area contributed by atoms with E-state index in [0.29, 0.717) is 24.8 Å². The summed E-state index contributed by atoms with van der Waals surface area (Å²) < 4.78 is 43.3. The molecule has 0 aliphatic heterocycles. The highest BCUT2D eigenvalue weighted by atomic mass is 19.4. The molecule has 1 aliphatic rings. The Morgan fingerprint density at radius 1 is 1.27 bits per heavy atom. The second kappa shape index (κ2) is 6.34. The minimum absolute atomic E-state index is 0.00273. The third-order valence-electron chi connectivity index (χ3n) is 3.43. The number of carbonyl (C=O) groups excluding carboxylic acids is 2. The van der Waals surface area contributed by atoms with Crippen LogP contribution in [0, 0.1) is 0 Å². The van der Waals surface area contributed by atoms with E-state index in [1.807, 2.05) is 0 Å². The maximum Gasteiger partial charge on any atom is 0.416 e. The lowest BCUT2D eigenvalue weighted by Gasteiger charge is -2.13. The Balaban J connectivity index is 2.48. The smallest absolute Gasteiger partial charge is 0.416 e. The highest BCUT2D eigenvalue weighted by Crippen LogP contribution is 2.34. The van der Waals surface area contributed by atoms with Gasteiger partial charge in [0.25, 0.3) is 5.78 Å². The molecule has 0 fully saturated rings. The first kappa shape index (κ1) is 16.3. The number of esters is 1. The third kappa shape index (κ3) is 3.37. The number of aryl methyl sites for hydroxylation is 1. The fourth-order valence-corrected chi connectivity index (χ4v) is 2.39. The second-order valence-electron chi connectivity index (χ2n) is 4.93. The number of ketones is 1. The van der Waals surface area contributed by atoms with Gasteiger partial charge in [0.05, 0.1) is 12.2 Å². The molecule has 1 aromatic carbocycles. The second-order valence-corrected chi connectivity index (χ2v) is 4.93. The number of alkyl halides is 3. The Morgan fingerprint density at radius 2 is 2.00 bits per heavy atom. The predicted molar refractivity (Wildman–Crippen MR) is 74.0 cm³/mol. The van der Waals surface area contributed by atoms with Crippen LogP contribution in [0.2, 0.25) is 0 Å². The van der Waals surface area contributed by atoms with E-state index in [4.69, 9.17) is 0 Å². The number of benzene rings is 1. The number of hydrogen-bond donors (Lipinski definition) is 0. The molecule has 118 valence electrons. The van der Waals surface area contributed by atoms with Crippen LogP contribution in [0.5, 0.6) is 0 Å². The summed E-state index contributed by atoms with van der Waals surface area (Å²) in [7, 11) is 0. The molecule has 0 aromatic heterocycles. The minimum atomic E-state index is -4.50. The van der Waals surface area contributed by atoms with Gasteiger partial charge in [0.2, 0.25) is 0 Å². The van der Waals surface area contributed by atoms with Crippen molar-refractivity contribution in [2.45, 2.75) is 32.4 Å². The van der Waals surface area contributed by atoms with Crippen molar-refractivity contribution in [1.82, 2.24) is 0 Å². The Kier molecular flexibility index (Phi) is 4.68. The van der Waals surface area contributed by atoms with Crippen molar-refractivity contribution in [2.24, 2.45) is 0 Å². The summed E-state index contributed by atoms with van der Waals surface area (Å²) in [5, 5.41) is 0. The van der Waals surface area contributed by atoms with Crippen molar-refractivity contribution in [3.63, 3.8) is 0 Å². The van der Waals surface area contributed by atoms with E-state index in [1.165, 1.54) is 12.1 Å². The number of Topliss-reactive ketones (excluding diaryl/α,β-unsaturated/α-hetero) is 1. The first-order valence-electron chi connectivity index (χ1n) is 6.96. The monoisotopic (exact) mass is 312 g/mol. The first-order chi connectivity index (χ1) is 10.3. The van der Waals surface area contributed by atoms with E-state index >= 15 is 0 Å². The molecule has 1 aromatic rings. The van der Waals surface area contributed by atoms with Crippen molar-refractivity contribution in [2.75, 3.05) is 6.61 Å². The molecule has 0 saturated heterocycles. The van der Waals surface area contributed by atoms with Gasteiger partial charge in [-0.2, -0.15) is 13.2 Å². The summed E-state index contributed by atoms with van der Waals surface area (Å²) in [6, 6.07) is 3.30. The van der Waals surface area contributed by atoms with Crippen molar-refractivity contribution in [1.29, 1.82) is 0 Å². The van der Waals surface area contributed by atoms with Gasteiger partial charge in [-0.25, -0.2) is 4.79 Å². The molecule has 22 heavy (non-hydrogen) atoms. The summed E-state index contributed by atoms with van der Waals surface area (Å²) in [6.07, 6.45) is -1.19. The number of allylic oxidation sites excluding steroid dienone is 1. The van der Waals surface area contributed by atoms with Crippen LogP contribution < -0.4 is 0 Å². The van der Waals surface area contributed by atoms with Crippen molar-refractivity contribution in [3.8, 4) is 0 Å². The van der Waals surface area contributed by atoms with Gasteiger partial charge in [-0.3, -0.25) is 4.79 Å². The number of fused-ring (bicyclic) bond motifs is 1. The van der Waals surface area contributed by atoms with Crippen molar-refractivity contribution in [3.05, 3.63) is 41.0 Å². The summed E-state index contributed by atoms with van der Waals surface area (Å²) in [6.45, 7) is 1.59. The molecule has 1 aliphatic carbocycles. The molecular formula is C16H15F3O3. The van der Waals surface area contributed by atoms with E-state index in [9.17, 15) is 22.8 Å². The van der Waals surface area contributed by atoms with Gasteiger partial charge in [0, 0.05) is 5.57 Å². The lowest BCUT2D eigenvalue weighted by molar-refractivity contribution is -0.150. The molecule has 0 spiro atoms. The van der Waals surface area contributed by atoms with Crippen LogP contribution in [0.15, 0.2) is 24.3 Å². The van der Waals surface area contributed by atoms with E-state index in [1.54, 1.807) is 6.92 Å². The molecule has 0 unspecified atom stereocenters. The molecule has 0 radical (unpaired) electrons. The zero-order valence-corrected chi connectivity index (χ0v) is 12.0. The largest absolute Gasteiger partial charge is 0.460 e. The standard InChI is InChI=1S/C16H15F3O3/c1-2-22-15(21)14(20)12-6-4-3-5-10-7-8-11(9-13(10)12)16(17,18)19/h6-9H,2-5H2,1H3. The average Bonchev–Trinajstić information content (AvgIpc) is 2.67. The number of rotatable bonds is 3. The first-order valence-corrected chi connectivity index (χ1v) is 6.96. The summed E-state index contributed by atoms with van der Waals surface area (Å²) in [5.74, 6) is -1.94. The van der Waals surface area contributed by atoms with Gasteiger partial charge in [-0.15, -0.1) is 0 Å². The van der Waals surface area contributed by atoms with Gasteiger partial charge < -0.3 is 4.74 Å². The van der Waals surface area contributed by atoms with E-state index in [0.717, 1.165) is 12.1 Å². The molecule has 3 nitrogen and oxygen atoms in total. The SMILES string of the molecule is CCOC(=O)C(=O)C1=CCCCc2ccc(C(F)(F)F)cc21. The topological polar surface area (TPSA) is 43.4 Å². The van der Waals surface area contributed by atoms with Crippen LogP contribution in [0.25, 0.3) is 5.57 Å². The Labute approximate surface area is 125 Å². The average molecular weight is 312 g/mol. The predicted octanol–water partition coefficient (Wildman–Crippen LogP) is 3.56. The lowest BCUT2D eigenvalue weighted by atomic mass is 9.94. The van der Waals surface area contributed by atoms with Crippen LogP contribution in [-0.4, -0.2) is 18.4 Å². The van der Waals surface area contributed by atoms with E-state index in [-0.39, 0.29) is 17.7 Å². The zero-order valence-electron chi connectivity index (χ0n) is 12.0. The van der Waals surface area contributed by atoms with Crippen molar-refractivity contribution < 1.29 is 27.5 Å². The van der Waals surface area contributed by atoms with Crippen LogP contribution in [0.1, 0.15) is 36.5 Å². The molecule has 2 rings (SSSR count). The quantitative estimate of drug-likeness (QED) is 0.633. The molecule has 0 atom stereocenters. The van der Waals surface area contributed by atoms with Crippen LogP contribution >= 0.6 is 0 Å². The third-order valence-corrected chi connectivity index (χ3v) is 3.43. The minimum Gasteiger partial charge on any atom is -0.460 e. The summed E-state index contributed by atoms with van der Waals surface area (Å²) in [5.41, 5.74) is -0.0347. The van der Waals surface area contributed by atoms with Gasteiger partial charge in [-0.05, 0) is 49.4 Å². The normalized spacial score (nSPS) is 14.6. The number of carbonyl (C=O) groups is 2. The molecule has 0 amide bonds. The molecule has 0 saturated carbocycles. The fraction of sp³-hybridized carbons (Fsp3) is 0.375. The van der Waals surface area contributed by atoms with Gasteiger partial charge >= 0.3 is 12.1 Å². The highest BCUT2D eigenvalue weighted by Gasteiger charge is 2.33. The molecular weight excluding hydrogens is 297 g/mol. The summed E-state index contributed by atoms with van der Waals surface area (Å²) >= 11 is 0. The van der Waals surface area contributed by atoms with Crippen LogP contribution in [0.3, 0.4) is 0 Å². The number of halogens is 3. The number of ether oxygens (including phenoxy) is 1. The van der Waals surface area contributed by atoms with Gasteiger partial charge in [0.1, 0.15) is 0 Å². The molecule has 0 bridgehead atoms. The van der Waals surface area contributed by atoms with Gasteiger partial charge in [0.15, 0.2) is 0 Å². The number of hydrogen-bond acceptors (Lipinski definition) is 3. The highest BCUT2D eigenvalue weighted by molar-refractivity contribution is 6.51. The lowest BCUT2D eigenvalue weighted by Crippen LogP contribution is -2.19. The summed E-state index contributed by atoms with van der Waals surface area (Å²) in [4.78, 5) is 23.8. The van der Waals surface area contributed by atoms with Crippen LogP contribution in [0.4, 0.5) is 13.2 Å². The van der Waals surface area contributed by atoms with Crippen molar-refractivity contribution >= 4 is 17.3 Å². The molecule has 0 heterocycles. The zero-order chi connectivity index (χ0) is 16.3. The maximum absolute atomic E-state index is 12.9. The van der Waals surface area contributed by atoms with Gasteiger partial charge in [-0.1, -0.05) is 12.1 Å². The Morgan fingerprint density at radius 3 is 2.64 bits per heavy atom. The van der Waals surface area contributed by atoms with E-state index in [2.05, 4.69) is 4.74 Å². The van der Waals surface area contributed by atoms with Crippen LogP contribution in [-0.2, 0) is 26.9 Å². The Bertz CT molecular complexity index is 630. The molecule has 6 heteroatoms. The van der Waals surface area contributed by atoms with E-state index < -0.39 is 23.5 Å². The maximum atomic E-state index is 12.9. The Hall–Kier alpha value is -2.11. The molecule has 0 N–H and O–H groups in total.